The van der Waals surface area contributed by atoms with Gasteiger partial charge in [0.25, 0.3) is 0 Å². The second-order valence-corrected chi connectivity index (χ2v) is 5.73. The Bertz CT molecular complexity index is 323. The first-order valence-electron chi connectivity index (χ1n) is 6.80. The van der Waals surface area contributed by atoms with Gasteiger partial charge in [-0.3, -0.25) is 19.4 Å². The number of nitrogens with one attached hydrogen (secondary N) is 1. The third-order valence-corrected chi connectivity index (χ3v) is 3.55. The summed E-state index contributed by atoms with van der Waals surface area (Å²) in [6.45, 7) is 9.44. The molecule has 0 radical (unpaired) electrons. The van der Waals surface area contributed by atoms with Gasteiger partial charge in [0.2, 0.25) is 5.91 Å². The quantitative estimate of drug-likeness (QED) is 0.711. The maximum absolute atomic E-state index is 11.9. The minimum Gasteiger partial charge on any atom is -0.480 e. The van der Waals surface area contributed by atoms with Crippen LogP contribution in [0.25, 0.3) is 0 Å². The molecule has 0 bridgehead atoms. The van der Waals surface area contributed by atoms with Gasteiger partial charge < -0.3 is 10.4 Å². The molecule has 0 unspecified atom stereocenters. The van der Waals surface area contributed by atoms with Crippen molar-refractivity contribution in [3.8, 4) is 0 Å². The van der Waals surface area contributed by atoms with Crippen molar-refractivity contribution in [2.45, 2.75) is 32.7 Å². The number of nitrogens with zero attached hydrogens (tertiary/aromatic N) is 2. The lowest BCUT2D eigenvalue weighted by atomic mass is 10.0. The molecule has 0 aromatic heterocycles. The Morgan fingerprint density at radius 3 is 2.00 bits per heavy atom. The average molecular weight is 271 g/mol. The molecule has 0 saturated carbocycles. The van der Waals surface area contributed by atoms with Crippen molar-refractivity contribution in [3.63, 3.8) is 0 Å². The van der Waals surface area contributed by atoms with Gasteiger partial charge in [0, 0.05) is 31.7 Å². The van der Waals surface area contributed by atoms with Crippen LogP contribution in [0.3, 0.4) is 0 Å². The molecular weight excluding hydrogens is 246 g/mol. The van der Waals surface area contributed by atoms with E-state index in [1.165, 1.54) is 0 Å². The van der Waals surface area contributed by atoms with Gasteiger partial charge >= 0.3 is 5.97 Å². The molecule has 1 amide bonds. The van der Waals surface area contributed by atoms with Crippen LogP contribution in [0.4, 0.5) is 0 Å². The molecule has 6 heteroatoms. The summed E-state index contributed by atoms with van der Waals surface area (Å²) < 4.78 is 0. The largest absolute Gasteiger partial charge is 0.480 e. The van der Waals surface area contributed by atoms with E-state index in [9.17, 15) is 9.59 Å². The predicted octanol–water partition coefficient (Wildman–Crippen LogP) is -0.00660. The lowest BCUT2D eigenvalue weighted by Gasteiger charge is -2.34. The summed E-state index contributed by atoms with van der Waals surface area (Å²) >= 11 is 0. The number of carboxylic acids is 1. The first-order chi connectivity index (χ1) is 8.82. The molecule has 0 spiro atoms. The molecule has 0 aromatic rings. The Morgan fingerprint density at radius 1 is 1.11 bits per heavy atom. The third kappa shape index (κ3) is 6.02. The van der Waals surface area contributed by atoms with E-state index in [0.29, 0.717) is 19.6 Å². The van der Waals surface area contributed by atoms with Gasteiger partial charge in [-0.05, 0) is 20.3 Å². The van der Waals surface area contributed by atoms with Gasteiger partial charge in [-0.1, -0.05) is 6.92 Å². The first-order valence-corrected chi connectivity index (χ1v) is 6.80. The maximum Gasteiger partial charge on any atom is 0.317 e. The van der Waals surface area contributed by atoms with Crippen LogP contribution < -0.4 is 5.32 Å². The van der Waals surface area contributed by atoms with E-state index in [0.717, 1.165) is 19.5 Å². The standard InChI is InChI=1S/C13H25N3O3/c1-4-13(2,3)14-11(17)9-15-5-7-16(8-6-15)10-12(18)19/h4-10H2,1-3H3,(H,14,17)(H,18,19). The molecule has 6 nitrogen and oxygen atoms in total. The Labute approximate surface area is 114 Å². The predicted molar refractivity (Wildman–Crippen MR) is 73.0 cm³/mol. The van der Waals surface area contributed by atoms with Crippen LogP contribution in [0.2, 0.25) is 0 Å². The molecule has 0 atom stereocenters. The summed E-state index contributed by atoms with van der Waals surface area (Å²) in [7, 11) is 0. The molecule has 1 rings (SSSR count). The van der Waals surface area contributed by atoms with Gasteiger partial charge in [0.15, 0.2) is 0 Å². The summed E-state index contributed by atoms with van der Waals surface area (Å²) in [5, 5.41) is 11.7. The number of hydrogen-bond acceptors (Lipinski definition) is 4. The Kier molecular flexibility index (Phi) is 5.75. The fraction of sp³-hybridized carbons (Fsp3) is 0.846. The third-order valence-electron chi connectivity index (χ3n) is 3.55. The number of carbonyl (C=O) groups is 2. The van der Waals surface area contributed by atoms with Crippen LogP contribution in [0, 0.1) is 0 Å². The molecule has 1 aliphatic heterocycles. The van der Waals surface area contributed by atoms with Crippen molar-refractivity contribution in [2.75, 3.05) is 39.3 Å². The molecule has 1 heterocycles. The normalized spacial score (nSPS) is 18.3. The van der Waals surface area contributed by atoms with E-state index in [1.54, 1.807) is 0 Å². The van der Waals surface area contributed by atoms with Gasteiger partial charge in [0.1, 0.15) is 0 Å². The monoisotopic (exact) mass is 271 g/mol. The van der Waals surface area contributed by atoms with Crippen LogP contribution in [0.5, 0.6) is 0 Å². The van der Waals surface area contributed by atoms with Gasteiger partial charge in [-0.2, -0.15) is 0 Å². The van der Waals surface area contributed by atoms with Crippen LogP contribution in [-0.2, 0) is 9.59 Å². The van der Waals surface area contributed by atoms with Crippen molar-refractivity contribution >= 4 is 11.9 Å². The molecule has 19 heavy (non-hydrogen) atoms. The zero-order chi connectivity index (χ0) is 14.5. The van der Waals surface area contributed by atoms with Crippen LogP contribution in [0.1, 0.15) is 27.2 Å². The van der Waals surface area contributed by atoms with Crippen molar-refractivity contribution in [2.24, 2.45) is 0 Å². The van der Waals surface area contributed by atoms with Crippen LogP contribution >= 0.6 is 0 Å². The topological polar surface area (TPSA) is 72.9 Å². The second kappa shape index (κ2) is 6.86. The highest BCUT2D eigenvalue weighted by Crippen LogP contribution is 2.07. The average Bonchev–Trinajstić information content (AvgIpc) is 2.30. The molecule has 110 valence electrons. The lowest BCUT2D eigenvalue weighted by molar-refractivity contribution is -0.139. The summed E-state index contributed by atoms with van der Waals surface area (Å²) in [6, 6.07) is 0. The zero-order valence-corrected chi connectivity index (χ0v) is 12.1. The molecular formula is C13H25N3O3. The Morgan fingerprint density at radius 2 is 1.58 bits per heavy atom. The van der Waals surface area contributed by atoms with E-state index >= 15 is 0 Å². The number of hydrogen-bond donors (Lipinski definition) is 2. The molecule has 2 N–H and O–H groups in total. The van der Waals surface area contributed by atoms with Crippen LogP contribution in [-0.4, -0.2) is 71.6 Å². The van der Waals surface area contributed by atoms with E-state index < -0.39 is 5.97 Å². The number of aliphatic carboxylic acids is 1. The first kappa shape index (κ1) is 15.9. The van der Waals surface area contributed by atoms with E-state index in [-0.39, 0.29) is 18.0 Å². The summed E-state index contributed by atoms with van der Waals surface area (Å²) in [5.74, 6) is -0.755. The second-order valence-electron chi connectivity index (χ2n) is 5.73. The highest BCUT2D eigenvalue weighted by atomic mass is 16.4. The number of amides is 1. The molecule has 1 aliphatic rings. The molecule has 1 saturated heterocycles. The van der Waals surface area contributed by atoms with E-state index in [2.05, 4.69) is 10.2 Å². The van der Waals surface area contributed by atoms with Crippen LogP contribution in [0.15, 0.2) is 0 Å². The Hall–Kier alpha value is -1.14. The highest BCUT2D eigenvalue weighted by molar-refractivity contribution is 5.78. The van der Waals surface area contributed by atoms with Gasteiger partial charge in [0.05, 0.1) is 13.1 Å². The van der Waals surface area contributed by atoms with Crippen molar-refractivity contribution in [1.82, 2.24) is 15.1 Å². The summed E-state index contributed by atoms with van der Waals surface area (Å²) in [4.78, 5) is 26.4. The smallest absolute Gasteiger partial charge is 0.317 e. The highest BCUT2D eigenvalue weighted by Gasteiger charge is 2.23. The van der Waals surface area contributed by atoms with Gasteiger partial charge in [-0.25, -0.2) is 0 Å². The lowest BCUT2D eigenvalue weighted by Crippen LogP contribution is -2.52. The summed E-state index contributed by atoms with van der Waals surface area (Å²) in [5.41, 5.74) is -0.164. The number of carboxylic acid groups (broad SMARTS) is 1. The molecule has 0 aliphatic carbocycles. The maximum atomic E-state index is 11.9. The SMILES string of the molecule is CCC(C)(C)NC(=O)CN1CCN(CC(=O)O)CC1. The number of carbonyl (C=O) groups excluding carboxylic acids is 1. The van der Waals surface area contributed by atoms with E-state index in [1.807, 2.05) is 25.7 Å². The molecule has 1 fully saturated rings. The number of piperazine rings is 1. The zero-order valence-electron chi connectivity index (χ0n) is 12.1. The van der Waals surface area contributed by atoms with Crippen molar-refractivity contribution in [1.29, 1.82) is 0 Å². The number of rotatable bonds is 6. The van der Waals surface area contributed by atoms with Crippen molar-refractivity contribution < 1.29 is 14.7 Å². The van der Waals surface area contributed by atoms with Crippen molar-refractivity contribution in [3.05, 3.63) is 0 Å². The Balaban J connectivity index is 2.29. The van der Waals surface area contributed by atoms with Gasteiger partial charge in [-0.15, -0.1) is 0 Å². The fourth-order valence-corrected chi connectivity index (χ4v) is 2.01. The molecule has 0 aromatic carbocycles. The summed E-state index contributed by atoms with van der Waals surface area (Å²) in [6.07, 6.45) is 0.894. The minimum absolute atomic E-state index is 0.0403. The minimum atomic E-state index is -0.795. The van der Waals surface area contributed by atoms with E-state index in [4.69, 9.17) is 5.11 Å². The fourth-order valence-electron chi connectivity index (χ4n) is 2.01.